The number of ether oxygens (including phenoxy) is 1. The van der Waals surface area contributed by atoms with Gasteiger partial charge in [0.05, 0.1) is 0 Å². The number of rotatable bonds is 5. The predicted octanol–water partition coefficient (Wildman–Crippen LogP) is 2.58. The molecular formula is C18H23N3O. The number of hydrogen-bond acceptors (Lipinski definition) is 4. The Morgan fingerprint density at radius 1 is 1.09 bits per heavy atom. The van der Waals surface area contributed by atoms with E-state index in [0.717, 1.165) is 38.0 Å². The molecule has 3 rings (SSSR count). The number of pyridine rings is 1. The van der Waals surface area contributed by atoms with Crippen LogP contribution in [-0.4, -0.2) is 29.1 Å². The maximum Gasteiger partial charge on any atom is 0.218 e. The quantitative estimate of drug-likeness (QED) is 0.921. The highest BCUT2D eigenvalue weighted by molar-refractivity contribution is 5.25. The van der Waals surface area contributed by atoms with Crippen LogP contribution in [0.5, 0.6) is 5.88 Å². The molecule has 4 heteroatoms. The van der Waals surface area contributed by atoms with Crippen LogP contribution in [0.4, 0.5) is 0 Å². The number of likely N-dealkylation sites (tertiary alicyclic amines) is 1. The third-order valence-electron chi connectivity index (χ3n) is 4.13. The molecule has 0 spiro atoms. The van der Waals surface area contributed by atoms with Gasteiger partial charge in [0, 0.05) is 37.9 Å². The van der Waals surface area contributed by atoms with E-state index >= 15 is 0 Å². The van der Waals surface area contributed by atoms with Crippen molar-refractivity contribution in [1.29, 1.82) is 0 Å². The predicted molar refractivity (Wildman–Crippen MR) is 87.5 cm³/mol. The number of hydrogen-bond donors (Lipinski definition) is 1. The Morgan fingerprint density at radius 2 is 1.86 bits per heavy atom. The van der Waals surface area contributed by atoms with Crippen LogP contribution in [0.25, 0.3) is 0 Å². The number of aromatic nitrogens is 1. The van der Waals surface area contributed by atoms with Crippen molar-refractivity contribution in [1.82, 2.24) is 9.88 Å². The molecule has 1 fully saturated rings. The fourth-order valence-corrected chi connectivity index (χ4v) is 2.87. The first-order valence-electron chi connectivity index (χ1n) is 7.92. The van der Waals surface area contributed by atoms with E-state index in [2.05, 4.69) is 40.2 Å². The van der Waals surface area contributed by atoms with Crippen LogP contribution in [0.15, 0.2) is 48.7 Å². The second-order valence-electron chi connectivity index (χ2n) is 5.75. The lowest BCUT2D eigenvalue weighted by Crippen LogP contribution is -2.38. The summed E-state index contributed by atoms with van der Waals surface area (Å²) in [5, 5.41) is 0. The van der Waals surface area contributed by atoms with E-state index in [-0.39, 0.29) is 6.10 Å². The maximum absolute atomic E-state index is 6.06. The summed E-state index contributed by atoms with van der Waals surface area (Å²) in [7, 11) is 0. The summed E-state index contributed by atoms with van der Waals surface area (Å²) >= 11 is 0. The number of piperidine rings is 1. The molecule has 0 unspecified atom stereocenters. The van der Waals surface area contributed by atoms with Gasteiger partial charge in [-0.05, 0) is 24.5 Å². The zero-order valence-corrected chi connectivity index (χ0v) is 12.8. The average molecular weight is 297 g/mol. The van der Waals surface area contributed by atoms with E-state index in [1.54, 1.807) is 6.20 Å². The molecule has 1 saturated heterocycles. The van der Waals surface area contributed by atoms with Crippen LogP contribution in [0.3, 0.4) is 0 Å². The first-order chi connectivity index (χ1) is 10.8. The smallest absolute Gasteiger partial charge is 0.218 e. The Kier molecular flexibility index (Phi) is 5.03. The maximum atomic E-state index is 6.06. The SMILES string of the molecule is NCc1cccnc1OC1CCN(Cc2ccccc2)CC1. The molecule has 2 aromatic rings. The first-order valence-corrected chi connectivity index (χ1v) is 7.92. The third kappa shape index (κ3) is 3.84. The minimum atomic E-state index is 0.243. The summed E-state index contributed by atoms with van der Waals surface area (Å²) in [4.78, 5) is 6.80. The van der Waals surface area contributed by atoms with Crippen molar-refractivity contribution in [2.45, 2.75) is 32.0 Å². The highest BCUT2D eigenvalue weighted by Crippen LogP contribution is 2.21. The Morgan fingerprint density at radius 3 is 2.59 bits per heavy atom. The van der Waals surface area contributed by atoms with Gasteiger partial charge in [-0.3, -0.25) is 4.90 Å². The fourth-order valence-electron chi connectivity index (χ4n) is 2.87. The fraction of sp³-hybridized carbons (Fsp3) is 0.389. The molecule has 0 aliphatic carbocycles. The molecule has 1 aliphatic heterocycles. The second kappa shape index (κ2) is 7.38. The molecule has 2 N–H and O–H groups in total. The minimum absolute atomic E-state index is 0.243. The van der Waals surface area contributed by atoms with Gasteiger partial charge in [0.2, 0.25) is 5.88 Å². The second-order valence-corrected chi connectivity index (χ2v) is 5.75. The molecule has 116 valence electrons. The molecular weight excluding hydrogens is 274 g/mol. The van der Waals surface area contributed by atoms with E-state index in [0.29, 0.717) is 12.4 Å². The van der Waals surface area contributed by atoms with Crippen LogP contribution in [0.1, 0.15) is 24.0 Å². The van der Waals surface area contributed by atoms with E-state index in [1.807, 2.05) is 12.1 Å². The summed E-state index contributed by atoms with van der Waals surface area (Å²) in [6.45, 7) is 3.61. The van der Waals surface area contributed by atoms with Gasteiger partial charge in [0.25, 0.3) is 0 Å². The largest absolute Gasteiger partial charge is 0.474 e. The molecule has 0 atom stereocenters. The summed E-state index contributed by atoms with van der Waals surface area (Å²) in [6.07, 6.45) is 4.08. The molecule has 2 heterocycles. The molecule has 0 bridgehead atoms. The Labute approximate surface area is 131 Å². The first kappa shape index (κ1) is 15.0. The number of nitrogens with two attached hydrogens (primary N) is 1. The molecule has 22 heavy (non-hydrogen) atoms. The molecule has 4 nitrogen and oxygen atoms in total. The van der Waals surface area contributed by atoms with Crippen LogP contribution in [-0.2, 0) is 13.1 Å². The lowest BCUT2D eigenvalue weighted by molar-refractivity contribution is 0.0924. The van der Waals surface area contributed by atoms with Crippen molar-refractivity contribution in [2.75, 3.05) is 13.1 Å². The molecule has 1 aliphatic rings. The van der Waals surface area contributed by atoms with Gasteiger partial charge in [0.15, 0.2) is 0 Å². The summed E-state index contributed by atoms with van der Waals surface area (Å²) in [5.41, 5.74) is 8.09. The average Bonchev–Trinajstić information content (AvgIpc) is 2.58. The van der Waals surface area contributed by atoms with Gasteiger partial charge in [-0.2, -0.15) is 0 Å². The van der Waals surface area contributed by atoms with E-state index in [9.17, 15) is 0 Å². The summed E-state index contributed by atoms with van der Waals surface area (Å²) in [5.74, 6) is 0.700. The van der Waals surface area contributed by atoms with Crippen molar-refractivity contribution in [2.24, 2.45) is 5.73 Å². The zero-order chi connectivity index (χ0) is 15.2. The van der Waals surface area contributed by atoms with Crippen molar-refractivity contribution in [3.05, 3.63) is 59.8 Å². The van der Waals surface area contributed by atoms with Crippen molar-refractivity contribution >= 4 is 0 Å². The molecule has 0 radical (unpaired) electrons. The van der Waals surface area contributed by atoms with E-state index in [1.165, 1.54) is 5.56 Å². The molecule has 0 saturated carbocycles. The van der Waals surface area contributed by atoms with Crippen LogP contribution < -0.4 is 10.5 Å². The van der Waals surface area contributed by atoms with Gasteiger partial charge in [-0.15, -0.1) is 0 Å². The normalized spacial score (nSPS) is 16.6. The topological polar surface area (TPSA) is 51.4 Å². The van der Waals surface area contributed by atoms with Crippen molar-refractivity contribution in [3.8, 4) is 5.88 Å². The standard InChI is InChI=1S/C18H23N3O/c19-13-16-7-4-10-20-18(16)22-17-8-11-21(12-9-17)14-15-5-2-1-3-6-15/h1-7,10,17H,8-9,11-14,19H2. The van der Waals surface area contributed by atoms with Gasteiger partial charge in [-0.1, -0.05) is 36.4 Å². The van der Waals surface area contributed by atoms with Crippen LogP contribution >= 0.6 is 0 Å². The lowest BCUT2D eigenvalue weighted by atomic mass is 10.1. The third-order valence-corrected chi connectivity index (χ3v) is 4.13. The zero-order valence-electron chi connectivity index (χ0n) is 12.8. The van der Waals surface area contributed by atoms with Crippen LogP contribution in [0, 0.1) is 0 Å². The van der Waals surface area contributed by atoms with Gasteiger partial charge >= 0.3 is 0 Å². The molecule has 0 amide bonds. The van der Waals surface area contributed by atoms with E-state index < -0.39 is 0 Å². The lowest BCUT2D eigenvalue weighted by Gasteiger charge is -2.32. The Balaban J connectivity index is 1.51. The minimum Gasteiger partial charge on any atom is -0.474 e. The Bertz CT molecular complexity index is 580. The van der Waals surface area contributed by atoms with Gasteiger partial charge in [0.1, 0.15) is 6.10 Å². The molecule has 1 aromatic carbocycles. The number of nitrogens with zero attached hydrogens (tertiary/aromatic N) is 2. The Hall–Kier alpha value is -1.91. The van der Waals surface area contributed by atoms with Crippen molar-refractivity contribution < 1.29 is 4.74 Å². The van der Waals surface area contributed by atoms with Gasteiger partial charge < -0.3 is 10.5 Å². The highest BCUT2D eigenvalue weighted by Gasteiger charge is 2.21. The monoisotopic (exact) mass is 297 g/mol. The van der Waals surface area contributed by atoms with Crippen molar-refractivity contribution in [3.63, 3.8) is 0 Å². The van der Waals surface area contributed by atoms with E-state index in [4.69, 9.17) is 10.5 Å². The summed E-state index contributed by atoms with van der Waals surface area (Å²) in [6, 6.07) is 14.5. The summed E-state index contributed by atoms with van der Waals surface area (Å²) < 4.78 is 6.06. The molecule has 1 aromatic heterocycles. The van der Waals surface area contributed by atoms with Gasteiger partial charge in [-0.25, -0.2) is 4.98 Å². The van der Waals surface area contributed by atoms with Crippen LogP contribution in [0.2, 0.25) is 0 Å². The highest BCUT2D eigenvalue weighted by atomic mass is 16.5. The number of benzene rings is 1.